The highest BCUT2D eigenvalue weighted by molar-refractivity contribution is 7.89. The van der Waals surface area contributed by atoms with Crippen molar-refractivity contribution >= 4 is 33.2 Å². The van der Waals surface area contributed by atoms with E-state index < -0.39 is 10.0 Å². The summed E-state index contributed by atoms with van der Waals surface area (Å²) >= 11 is 1.42. The van der Waals surface area contributed by atoms with Crippen LogP contribution < -0.4 is 5.32 Å². The van der Waals surface area contributed by atoms with Crippen LogP contribution in [0.4, 0.5) is 0 Å². The normalized spacial score (nSPS) is 16.3. The lowest BCUT2D eigenvalue weighted by molar-refractivity contribution is -0.131. The molecule has 162 valence electrons. The summed E-state index contributed by atoms with van der Waals surface area (Å²) in [5.41, 5.74) is 1.65. The van der Waals surface area contributed by atoms with E-state index in [-0.39, 0.29) is 36.3 Å². The van der Waals surface area contributed by atoms with Crippen molar-refractivity contribution in [2.24, 2.45) is 0 Å². The average Bonchev–Trinajstić information content (AvgIpc) is 3.32. The van der Waals surface area contributed by atoms with Crippen molar-refractivity contribution in [2.75, 3.05) is 32.7 Å². The minimum absolute atomic E-state index is 0.0987. The Bertz CT molecular complexity index is 964. The largest absolute Gasteiger partial charge is 0.343 e. The molecule has 3 rings (SSSR count). The van der Waals surface area contributed by atoms with Gasteiger partial charge in [-0.1, -0.05) is 26.0 Å². The number of nitrogens with zero attached hydrogens (tertiary/aromatic N) is 2. The SMILES string of the molecule is CCC(C)c1ccc(S(=O)(=O)N2CCN(C(=O)CNC(=O)c3ccsc3)CC2)cc1. The van der Waals surface area contributed by atoms with Crippen LogP contribution in [0.15, 0.2) is 46.0 Å². The van der Waals surface area contributed by atoms with Crippen LogP contribution in [0.3, 0.4) is 0 Å². The molecule has 2 aromatic rings. The zero-order valence-corrected chi connectivity index (χ0v) is 18.8. The quantitative estimate of drug-likeness (QED) is 0.704. The topological polar surface area (TPSA) is 86.8 Å². The van der Waals surface area contributed by atoms with Crippen molar-refractivity contribution in [1.29, 1.82) is 0 Å². The molecule has 1 atom stereocenters. The molecular weight excluding hydrogens is 422 g/mol. The number of carbonyl (C=O) groups is 2. The van der Waals surface area contributed by atoms with Crippen molar-refractivity contribution in [2.45, 2.75) is 31.1 Å². The minimum Gasteiger partial charge on any atom is -0.343 e. The van der Waals surface area contributed by atoms with Gasteiger partial charge in [0.1, 0.15) is 0 Å². The van der Waals surface area contributed by atoms with E-state index in [2.05, 4.69) is 19.2 Å². The maximum absolute atomic E-state index is 12.9. The molecule has 1 fully saturated rings. The molecule has 1 unspecified atom stereocenters. The Labute approximate surface area is 181 Å². The van der Waals surface area contributed by atoms with Crippen LogP contribution >= 0.6 is 11.3 Å². The number of rotatable bonds is 7. The molecule has 1 saturated heterocycles. The molecule has 0 spiro atoms. The summed E-state index contributed by atoms with van der Waals surface area (Å²) in [5, 5.41) is 6.13. The first kappa shape index (κ1) is 22.5. The second-order valence-corrected chi connectivity index (χ2v) is 10.1. The maximum Gasteiger partial charge on any atom is 0.252 e. The molecule has 0 saturated carbocycles. The van der Waals surface area contributed by atoms with Crippen LogP contribution in [-0.4, -0.2) is 62.2 Å². The molecule has 0 bridgehead atoms. The predicted molar refractivity (Wildman–Crippen MR) is 117 cm³/mol. The molecule has 0 aliphatic carbocycles. The predicted octanol–water partition coefficient (Wildman–Crippen LogP) is 2.52. The lowest BCUT2D eigenvalue weighted by atomic mass is 9.99. The van der Waals surface area contributed by atoms with E-state index in [1.165, 1.54) is 15.6 Å². The van der Waals surface area contributed by atoms with Crippen LogP contribution in [0, 0.1) is 0 Å². The number of benzene rings is 1. The van der Waals surface area contributed by atoms with E-state index in [0.717, 1.165) is 12.0 Å². The van der Waals surface area contributed by atoms with Gasteiger partial charge in [0.2, 0.25) is 15.9 Å². The fraction of sp³-hybridized carbons (Fsp3) is 0.429. The third kappa shape index (κ3) is 5.08. The molecule has 1 N–H and O–H groups in total. The van der Waals surface area contributed by atoms with Crippen LogP contribution in [0.2, 0.25) is 0 Å². The van der Waals surface area contributed by atoms with E-state index in [1.54, 1.807) is 33.9 Å². The number of hydrogen-bond acceptors (Lipinski definition) is 5. The summed E-state index contributed by atoms with van der Waals surface area (Å²) in [7, 11) is -3.59. The molecule has 2 heterocycles. The number of thiophene rings is 1. The summed E-state index contributed by atoms with van der Waals surface area (Å²) in [6.07, 6.45) is 0.996. The summed E-state index contributed by atoms with van der Waals surface area (Å²) < 4.78 is 27.3. The van der Waals surface area contributed by atoms with Gasteiger partial charge < -0.3 is 10.2 Å². The Kier molecular flexibility index (Phi) is 7.27. The third-order valence-electron chi connectivity index (χ3n) is 5.47. The van der Waals surface area contributed by atoms with Crippen molar-refractivity contribution in [3.05, 3.63) is 52.2 Å². The zero-order valence-electron chi connectivity index (χ0n) is 17.2. The number of piperazine rings is 1. The molecule has 1 aliphatic rings. The van der Waals surface area contributed by atoms with Crippen molar-refractivity contribution in [1.82, 2.24) is 14.5 Å². The van der Waals surface area contributed by atoms with Gasteiger partial charge in [-0.3, -0.25) is 9.59 Å². The Morgan fingerprint density at radius 3 is 2.33 bits per heavy atom. The highest BCUT2D eigenvalue weighted by Crippen LogP contribution is 2.23. The lowest BCUT2D eigenvalue weighted by Gasteiger charge is -2.34. The van der Waals surface area contributed by atoms with Gasteiger partial charge in [0.25, 0.3) is 5.91 Å². The molecule has 0 radical (unpaired) electrons. The first-order chi connectivity index (χ1) is 14.3. The zero-order chi connectivity index (χ0) is 21.7. The van der Waals surface area contributed by atoms with Gasteiger partial charge >= 0.3 is 0 Å². The average molecular weight is 450 g/mol. The first-order valence-corrected chi connectivity index (χ1v) is 12.4. The standard InChI is InChI=1S/C21H27N3O4S2/c1-3-16(2)17-4-6-19(7-5-17)30(27,28)24-11-9-23(10-12-24)20(25)14-22-21(26)18-8-13-29-15-18/h4-8,13,15-16H,3,9-12,14H2,1-2H3,(H,22,26). The number of amides is 2. The minimum atomic E-state index is -3.59. The maximum atomic E-state index is 12.9. The first-order valence-electron chi connectivity index (χ1n) is 10.0. The van der Waals surface area contributed by atoms with Gasteiger partial charge in [-0.05, 0) is 41.5 Å². The van der Waals surface area contributed by atoms with E-state index in [4.69, 9.17) is 0 Å². The van der Waals surface area contributed by atoms with E-state index in [1.807, 2.05) is 12.1 Å². The van der Waals surface area contributed by atoms with Gasteiger partial charge in [0.05, 0.1) is 11.4 Å². The van der Waals surface area contributed by atoms with Crippen LogP contribution in [0.5, 0.6) is 0 Å². The summed E-state index contributed by atoms with van der Waals surface area (Å²) in [5.74, 6) is -0.114. The second-order valence-electron chi connectivity index (χ2n) is 7.36. The number of carbonyl (C=O) groups excluding carboxylic acids is 2. The molecule has 30 heavy (non-hydrogen) atoms. The molecule has 1 aromatic carbocycles. The van der Waals surface area contributed by atoms with Crippen molar-refractivity contribution < 1.29 is 18.0 Å². The Hall–Kier alpha value is -2.23. The highest BCUT2D eigenvalue weighted by Gasteiger charge is 2.30. The smallest absolute Gasteiger partial charge is 0.252 e. The Morgan fingerprint density at radius 2 is 1.77 bits per heavy atom. The summed E-state index contributed by atoms with van der Waals surface area (Å²) in [4.78, 5) is 26.2. The van der Waals surface area contributed by atoms with Gasteiger partial charge in [0.15, 0.2) is 0 Å². The van der Waals surface area contributed by atoms with Crippen LogP contribution in [0.1, 0.15) is 42.1 Å². The van der Waals surface area contributed by atoms with E-state index >= 15 is 0 Å². The molecule has 2 amide bonds. The molecular formula is C21H27N3O4S2. The van der Waals surface area contributed by atoms with Gasteiger partial charge in [-0.25, -0.2) is 8.42 Å². The molecule has 7 nitrogen and oxygen atoms in total. The highest BCUT2D eigenvalue weighted by atomic mass is 32.2. The molecule has 1 aromatic heterocycles. The summed E-state index contributed by atoms with van der Waals surface area (Å²) in [6, 6.07) is 8.76. The number of nitrogens with one attached hydrogen (secondary N) is 1. The van der Waals surface area contributed by atoms with Crippen LogP contribution in [0.25, 0.3) is 0 Å². The van der Waals surface area contributed by atoms with E-state index in [9.17, 15) is 18.0 Å². The number of sulfonamides is 1. The third-order valence-corrected chi connectivity index (χ3v) is 8.07. The second kappa shape index (κ2) is 9.72. The lowest BCUT2D eigenvalue weighted by Crippen LogP contribution is -2.52. The van der Waals surface area contributed by atoms with Crippen LogP contribution in [-0.2, 0) is 14.8 Å². The van der Waals surface area contributed by atoms with Gasteiger partial charge in [-0.15, -0.1) is 0 Å². The fourth-order valence-electron chi connectivity index (χ4n) is 3.29. The summed E-state index contributed by atoms with van der Waals surface area (Å²) in [6.45, 7) is 5.19. The number of hydrogen-bond donors (Lipinski definition) is 1. The van der Waals surface area contributed by atoms with Crippen molar-refractivity contribution in [3.8, 4) is 0 Å². The monoisotopic (exact) mass is 449 g/mol. The molecule has 1 aliphatic heterocycles. The van der Waals surface area contributed by atoms with E-state index in [0.29, 0.717) is 24.6 Å². The fourth-order valence-corrected chi connectivity index (χ4v) is 5.35. The molecule has 9 heteroatoms. The van der Waals surface area contributed by atoms with Gasteiger partial charge in [-0.2, -0.15) is 15.6 Å². The van der Waals surface area contributed by atoms with Gasteiger partial charge in [0, 0.05) is 37.1 Å². The Balaban J connectivity index is 1.53. The van der Waals surface area contributed by atoms with Crippen molar-refractivity contribution in [3.63, 3.8) is 0 Å². The Morgan fingerprint density at radius 1 is 1.10 bits per heavy atom.